The normalized spacial score (nSPS) is 11.7. The van der Waals surface area contributed by atoms with Crippen molar-refractivity contribution in [2.24, 2.45) is 0 Å². The number of rotatable bonds is 4. The number of aromatic nitrogens is 2. The molecule has 0 unspecified atom stereocenters. The minimum Gasteiger partial charge on any atom is -0.228 e. The maximum absolute atomic E-state index is 5.37. The third kappa shape index (κ3) is 4.62. The Hall–Kier alpha value is -6.16. The molecule has 49 heavy (non-hydrogen) atoms. The number of thiophene rings is 1. The second-order valence-electron chi connectivity index (χ2n) is 12.5. The van der Waals surface area contributed by atoms with E-state index in [-0.39, 0.29) is 0 Å². The van der Waals surface area contributed by atoms with Gasteiger partial charge in [-0.2, -0.15) is 0 Å². The van der Waals surface area contributed by atoms with E-state index in [1.807, 2.05) is 17.4 Å². The molecule has 2 aromatic heterocycles. The van der Waals surface area contributed by atoms with E-state index in [0.717, 1.165) is 33.6 Å². The van der Waals surface area contributed by atoms with Gasteiger partial charge >= 0.3 is 0 Å². The molecule has 0 radical (unpaired) electrons. The molecule has 0 saturated heterocycles. The molecule has 10 rings (SSSR count). The average Bonchev–Trinajstić information content (AvgIpc) is 3.55. The highest BCUT2D eigenvalue weighted by Gasteiger charge is 2.19. The molecule has 0 aliphatic heterocycles. The molecule has 2 heterocycles. The molecule has 0 bridgehead atoms. The van der Waals surface area contributed by atoms with Gasteiger partial charge < -0.3 is 0 Å². The van der Waals surface area contributed by atoms with Crippen LogP contribution < -0.4 is 0 Å². The maximum Gasteiger partial charge on any atom is 0.160 e. The second-order valence-corrected chi connectivity index (χ2v) is 13.6. The number of hydrogen-bond acceptors (Lipinski definition) is 3. The molecular formula is C46H28N2S. The molecule has 0 N–H and O–H groups in total. The van der Waals surface area contributed by atoms with Gasteiger partial charge in [-0.1, -0.05) is 140 Å². The van der Waals surface area contributed by atoms with Gasteiger partial charge in [-0.15, -0.1) is 11.3 Å². The van der Waals surface area contributed by atoms with Crippen LogP contribution in [0.5, 0.6) is 0 Å². The molecule has 2 nitrogen and oxygen atoms in total. The Balaban J connectivity index is 1.27. The van der Waals surface area contributed by atoms with Crippen LogP contribution in [0.4, 0.5) is 0 Å². The highest BCUT2D eigenvalue weighted by molar-refractivity contribution is 7.25. The first-order chi connectivity index (χ1) is 24.3. The van der Waals surface area contributed by atoms with Crippen molar-refractivity contribution in [2.45, 2.75) is 0 Å². The highest BCUT2D eigenvalue weighted by Crippen LogP contribution is 2.43. The van der Waals surface area contributed by atoms with Crippen LogP contribution in [0, 0.1) is 0 Å². The lowest BCUT2D eigenvalue weighted by Crippen LogP contribution is -1.98. The number of benzene rings is 8. The van der Waals surface area contributed by atoms with Gasteiger partial charge in [0.15, 0.2) is 5.82 Å². The van der Waals surface area contributed by atoms with E-state index in [4.69, 9.17) is 9.97 Å². The van der Waals surface area contributed by atoms with Gasteiger partial charge in [0.1, 0.15) is 0 Å². The second kappa shape index (κ2) is 11.2. The van der Waals surface area contributed by atoms with Crippen LogP contribution in [0.1, 0.15) is 0 Å². The standard InChI is InChI=1S/C46H28N2S/c1-2-13-30(14-3-1)46-47-40(37-19-9-8-16-34(37)32-24-25-43-39(27-32)38-20-10-11-21-42(38)49-43)28-41(48-46)45-36-18-7-5-15-31(36)26-33-23-22-29-12-4-6-17-35(29)44(33)45/h1-28H. The third-order valence-corrected chi connectivity index (χ3v) is 10.8. The largest absolute Gasteiger partial charge is 0.228 e. The van der Waals surface area contributed by atoms with E-state index < -0.39 is 0 Å². The van der Waals surface area contributed by atoms with Crippen LogP contribution in [0.3, 0.4) is 0 Å². The monoisotopic (exact) mass is 640 g/mol. The summed E-state index contributed by atoms with van der Waals surface area (Å²) in [5.74, 6) is 0.712. The van der Waals surface area contributed by atoms with Gasteiger partial charge in [0, 0.05) is 36.9 Å². The fourth-order valence-corrected chi connectivity index (χ4v) is 8.47. The van der Waals surface area contributed by atoms with Gasteiger partial charge in [0.25, 0.3) is 0 Å². The molecule has 3 heteroatoms. The van der Waals surface area contributed by atoms with Gasteiger partial charge in [-0.3, -0.25) is 0 Å². The van der Waals surface area contributed by atoms with E-state index in [9.17, 15) is 0 Å². The van der Waals surface area contributed by atoms with Gasteiger partial charge in [0.05, 0.1) is 11.4 Å². The molecular weight excluding hydrogens is 613 g/mol. The van der Waals surface area contributed by atoms with Gasteiger partial charge in [-0.05, 0) is 73.8 Å². The first-order valence-corrected chi connectivity index (χ1v) is 17.4. The van der Waals surface area contributed by atoms with Crippen LogP contribution in [0.25, 0.3) is 97.5 Å². The summed E-state index contributed by atoms with van der Waals surface area (Å²) in [6, 6.07) is 60.9. The summed E-state index contributed by atoms with van der Waals surface area (Å²) >= 11 is 1.85. The predicted molar refractivity (Wildman–Crippen MR) is 209 cm³/mol. The first kappa shape index (κ1) is 27.9. The Morgan fingerprint density at radius 3 is 1.90 bits per heavy atom. The van der Waals surface area contributed by atoms with Crippen molar-refractivity contribution >= 4 is 63.8 Å². The summed E-state index contributed by atoms with van der Waals surface area (Å²) in [6.07, 6.45) is 0. The molecule has 10 aromatic rings. The summed E-state index contributed by atoms with van der Waals surface area (Å²) in [7, 11) is 0. The third-order valence-electron chi connectivity index (χ3n) is 9.66. The highest BCUT2D eigenvalue weighted by atomic mass is 32.1. The van der Waals surface area contributed by atoms with Crippen molar-refractivity contribution in [3.8, 4) is 45.0 Å². The zero-order valence-corrected chi connectivity index (χ0v) is 27.3. The predicted octanol–water partition coefficient (Wildman–Crippen LogP) is 13.0. The van der Waals surface area contributed by atoms with Crippen molar-refractivity contribution in [3.63, 3.8) is 0 Å². The average molecular weight is 641 g/mol. The quantitative estimate of drug-likeness (QED) is 0.141. The van der Waals surface area contributed by atoms with Crippen LogP contribution in [0.15, 0.2) is 170 Å². The summed E-state index contributed by atoms with van der Waals surface area (Å²) in [6.45, 7) is 0. The fourth-order valence-electron chi connectivity index (χ4n) is 7.39. The van der Waals surface area contributed by atoms with E-state index in [0.29, 0.717) is 5.82 Å². The van der Waals surface area contributed by atoms with Crippen LogP contribution in [-0.4, -0.2) is 9.97 Å². The lowest BCUT2D eigenvalue weighted by molar-refractivity contribution is 1.19. The summed E-state index contributed by atoms with van der Waals surface area (Å²) in [4.78, 5) is 10.7. The van der Waals surface area contributed by atoms with E-state index in [1.54, 1.807) is 0 Å². The molecule has 8 aromatic carbocycles. The smallest absolute Gasteiger partial charge is 0.160 e. The molecule has 0 aliphatic rings. The molecule has 0 amide bonds. The minimum atomic E-state index is 0.712. The van der Waals surface area contributed by atoms with Gasteiger partial charge in [-0.25, -0.2) is 9.97 Å². The van der Waals surface area contributed by atoms with E-state index in [1.165, 1.54) is 58.1 Å². The minimum absolute atomic E-state index is 0.712. The number of fused-ring (bicyclic) bond motifs is 7. The van der Waals surface area contributed by atoms with Crippen molar-refractivity contribution in [1.29, 1.82) is 0 Å². The molecule has 0 spiro atoms. The Bertz CT molecular complexity index is 2890. The van der Waals surface area contributed by atoms with E-state index >= 15 is 0 Å². The van der Waals surface area contributed by atoms with Crippen molar-refractivity contribution in [1.82, 2.24) is 9.97 Å². The number of hydrogen-bond donors (Lipinski definition) is 0. The molecule has 228 valence electrons. The Kier molecular flexibility index (Phi) is 6.39. The maximum atomic E-state index is 5.37. The summed E-state index contributed by atoms with van der Waals surface area (Å²) < 4.78 is 2.61. The Labute approximate surface area is 287 Å². The molecule has 0 fully saturated rings. The van der Waals surface area contributed by atoms with Crippen molar-refractivity contribution < 1.29 is 0 Å². The van der Waals surface area contributed by atoms with Crippen LogP contribution >= 0.6 is 11.3 Å². The van der Waals surface area contributed by atoms with Crippen molar-refractivity contribution in [2.75, 3.05) is 0 Å². The van der Waals surface area contributed by atoms with Gasteiger partial charge in [0.2, 0.25) is 0 Å². The topological polar surface area (TPSA) is 25.8 Å². The van der Waals surface area contributed by atoms with E-state index in [2.05, 4.69) is 164 Å². The zero-order valence-electron chi connectivity index (χ0n) is 26.5. The Morgan fingerprint density at radius 1 is 0.367 bits per heavy atom. The number of nitrogens with zero attached hydrogens (tertiary/aromatic N) is 2. The summed E-state index contributed by atoms with van der Waals surface area (Å²) in [5, 5.41) is 9.80. The van der Waals surface area contributed by atoms with Crippen LogP contribution in [0.2, 0.25) is 0 Å². The lowest BCUT2D eigenvalue weighted by atomic mass is 9.90. The summed E-state index contributed by atoms with van der Waals surface area (Å²) in [5.41, 5.74) is 7.34. The molecule has 0 saturated carbocycles. The van der Waals surface area contributed by atoms with Crippen molar-refractivity contribution in [3.05, 3.63) is 170 Å². The fraction of sp³-hybridized carbons (Fsp3) is 0. The first-order valence-electron chi connectivity index (χ1n) is 16.6. The molecule has 0 atom stereocenters. The van der Waals surface area contributed by atoms with Crippen LogP contribution in [-0.2, 0) is 0 Å². The Morgan fingerprint density at radius 2 is 1.02 bits per heavy atom. The lowest BCUT2D eigenvalue weighted by Gasteiger charge is -2.17. The SMILES string of the molecule is c1ccc(-c2nc(-c3ccccc3-c3ccc4sc5ccccc5c4c3)cc(-c3c4ccccc4cc4ccc5ccccc5c34)n2)cc1. The zero-order chi connectivity index (χ0) is 32.3. The molecule has 0 aliphatic carbocycles.